The van der Waals surface area contributed by atoms with Crippen LogP contribution in [0, 0.1) is 0 Å². The standard InChI is InChI=1S/C9H17N/c1-3-6-9-7-4-5-8-10(9)2/h6H,3-5,7-8H2,1-2H3/b9-6-. The molecule has 0 spiro atoms. The SMILES string of the molecule is CC/C=C1/CCCCN1C. The fourth-order valence-corrected chi connectivity index (χ4v) is 1.48. The first-order chi connectivity index (χ1) is 4.84. The number of likely N-dealkylation sites (tertiary alicyclic amines) is 1. The van der Waals surface area contributed by atoms with Crippen molar-refractivity contribution in [3.63, 3.8) is 0 Å². The summed E-state index contributed by atoms with van der Waals surface area (Å²) in [6, 6.07) is 0. The van der Waals surface area contributed by atoms with Gasteiger partial charge in [0.25, 0.3) is 0 Å². The van der Waals surface area contributed by atoms with Crippen molar-refractivity contribution in [2.24, 2.45) is 0 Å². The van der Waals surface area contributed by atoms with Gasteiger partial charge in [0.05, 0.1) is 0 Å². The van der Waals surface area contributed by atoms with Crippen LogP contribution in [0.3, 0.4) is 0 Å². The van der Waals surface area contributed by atoms with Crippen LogP contribution in [-0.2, 0) is 0 Å². The quantitative estimate of drug-likeness (QED) is 0.539. The Morgan fingerprint density at radius 1 is 1.50 bits per heavy atom. The van der Waals surface area contributed by atoms with Crippen molar-refractivity contribution in [1.29, 1.82) is 0 Å². The molecule has 0 N–H and O–H groups in total. The van der Waals surface area contributed by atoms with Crippen molar-refractivity contribution in [2.45, 2.75) is 32.6 Å². The molecule has 0 radical (unpaired) electrons. The Labute approximate surface area is 63.7 Å². The number of allylic oxidation sites excluding steroid dienone is 2. The van der Waals surface area contributed by atoms with Crippen LogP contribution in [0.25, 0.3) is 0 Å². The smallest absolute Gasteiger partial charge is 0.0171 e. The molecule has 1 rings (SSSR count). The molecular weight excluding hydrogens is 122 g/mol. The van der Waals surface area contributed by atoms with Crippen molar-refractivity contribution in [1.82, 2.24) is 4.90 Å². The first-order valence-corrected chi connectivity index (χ1v) is 4.24. The van der Waals surface area contributed by atoms with Crippen molar-refractivity contribution >= 4 is 0 Å². The van der Waals surface area contributed by atoms with E-state index in [1.165, 1.54) is 32.2 Å². The zero-order valence-corrected chi connectivity index (χ0v) is 7.06. The van der Waals surface area contributed by atoms with E-state index in [-0.39, 0.29) is 0 Å². The van der Waals surface area contributed by atoms with E-state index in [0.717, 1.165) is 0 Å². The minimum absolute atomic E-state index is 1.18. The fraction of sp³-hybridized carbons (Fsp3) is 0.778. The summed E-state index contributed by atoms with van der Waals surface area (Å²) in [7, 11) is 2.20. The summed E-state index contributed by atoms with van der Waals surface area (Å²) in [5.74, 6) is 0. The van der Waals surface area contributed by atoms with Crippen LogP contribution in [0.15, 0.2) is 11.8 Å². The first-order valence-electron chi connectivity index (χ1n) is 4.24. The van der Waals surface area contributed by atoms with Gasteiger partial charge >= 0.3 is 0 Å². The van der Waals surface area contributed by atoms with E-state index in [4.69, 9.17) is 0 Å². The second-order valence-electron chi connectivity index (χ2n) is 2.98. The van der Waals surface area contributed by atoms with E-state index in [1.807, 2.05) is 0 Å². The summed E-state index contributed by atoms with van der Waals surface area (Å²) in [5.41, 5.74) is 1.55. The van der Waals surface area contributed by atoms with Crippen LogP contribution in [-0.4, -0.2) is 18.5 Å². The zero-order chi connectivity index (χ0) is 7.40. The van der Waals surface area contributed by atoms with Crippen LogP contribution in [0.5, 0.6) is 0 Å². The van der Waals surface area contributed by atoms with Gasteiger partial charge in [-0.1, -0.05) is 13.0 Å². The van der Waals surface area contributed by atoms with Crippen LogP contribution in [0.1, 0.15) is 32.6 Å². The number of hydrogen-bond acceptors (Lipinski definition) is 1. The van der Waals surface area contributed by atoms with E-state index in [2.05, 4.69) is 24.9 Å². The molecule has 0 aromatic heterocycles. The van der Waals surface area contributed by atoms with Gasteiger partial charge in [0.2, 0.25) is 0 Å². The van der Waals surface area contributed by atoms with Gasteiger partial charge in [-0.2, -0.15) is 0 Å². The lowest BCUT2D eigenvalue weighted by atomic mass is 10.1. The third-order valence-electron chi connectivity index (χ3n) is 2.11. The summed E-state index contributed by atoms with van der Waals surface area (Å²) < 4.78 is 0. The van der Waals surface area contributed by atoms with Gasteiger partial charge in [-0.25, -0.2) is 0 Å². The molecule has 1 saturated heterocycles. The molecule has 1 fully saturated rings. The summed E-state index contributed by atoms with van der Waals surface area (Å²) in [4.78, 5) is 2.38. The Kier molecular flexibility index (Phi) is 2.79. The number of hydrogen-bond donors (Lipinski definition) is 0. The van der Waals surface area contributed by atoms with Gasteiger partial charge in [0.15, 0.2) is 0 Å². The largest absolute Gasteiger partial charge is 0.378 e. The maximum absolute atomic E-state index is 2.38. The Hall–Kier alpha value is -0.460. The minimum atomic E-state index is 1.18. The average Bonchev–Trinajstić information content (AvgIpc) is 1.94. The highest BCUT2D eigenvalue weighted by Crippen LogP contribution is 2.18. The molecule has 0 saturated carbocycles. The van der Waals surface area contributed by atoms with Gasteiger partial charge in [0, 0.05) is 19.3 Å². The third kappa shape index (κ3) is 1.76. The van der Waals surface area contributed by atoms with E-state index >= 15 is 0 Å². The highest BCUT2D eigenvalue weighted by Gasteiger charge is 2.08. The van der Waals surface area contributed by atoms with Gasteiger partial charge in [0.1, 0.15) is 0 Å². The monoisotopic (exact) mass is 139 g/mol. The van der Waals surface area contributed by atoms with Crippen LogP contribution < -0.4 is 0 Å². The maximum Gasteiger partial charge on any atom is 0.0171 e. The second-order valence-corrected chi connectivity index (χ2v) is 2.98. The Morgan fingerprint density at radius 3 is 2.90 bits per heavy atom. The molecule has 58 valence electrons. The van der Waals surface area contributed by atoms with E-state index < -0.39 is 0 Å². The van der Waals surface area contributed by atoms with Gasteiger partial charge in [-0.15, -0.1) is 0 Å². The Morgan fingerprint density at radius 2 is 2.30 bits per heavy atom. The van der Waals surface area contributed by atoms with Crippen LogP contribution in [0.2, 0.25) is 0 Å². The summed E-state index contributed by atoms with van der Waals surface area (Å²) >= 11 is 0. The van der Waals surface area contributed by atoms with Crippen LogP contribution in [0.4, 0.5) is 0 Å². The van der Waals surface area contributed by atoms with E-state index in [0.29, 0.717) is 0 Å². The van der Waals surface area contributed by atoms with Gasteiger partial charge < -0.3 is 4.90 Å². The number of rotatable bonds is 1. The maximum atomic E-state index is 2.38. The van der Waals surface area contributed by atoms with E-state index in [9.17, 15) is 0 Å². The first kappa shape index (κ1) is 7.64. The van der Waals surface area contributed by atoms with Crippen molar-refractivity contribution in [3.8, 4) is 0 Å². The molecule has 0 bridgehead atoms. The lowest BCUT2D eigenvalue weighted by Crippen LogP contribution is -2.23. The van der Waals surface area contributed by atoms with Gasteiger partial charge in [-0.05, 0) is 25.7 Å². The molecule has 0 unspecified atom stereocenters. The molecule has 1 heterocycles. The number of nitrogens with zero attached hydrogens (tertiary/aromatic N) is 1. The molecule has 1 aliphatic rings. The number of piperidine rings is 1. The summed E-state index contributed by atoms with van der Waals surface area (Å²) in [5, 5.41) is 0. The molecule has 0 aromatic carbocycles. The molecule has 1 nitrogen and oxygen atoms in total. The zero-order valence-electron chi connectivity index (χ0n) is 7.06. The summed E-state index contributed by atoms with van der Waals surface area (Å²) in [6.07, 6.45) is 7.58. The molecule has 10 heavy (non-hydrogen) atoms. The molecule has 1 heteroatoms. The van der Waals surface area contributed by atoms with Crippen molar-refractivity contribution in [3.05, 3.63) is 11.8 Å². The average molecular weight is 139 g/mol. The lowest BCUT2D eigenvalue weighted by molar-refractivity contribution is 0.343. The molecule has 0 atom stereocenters. The molecule has 0 aliphatic carbocycles. The topological polar surface area (TPSA) is 3.24 Å². The Balaban J connectivity index is 2.47. The van der Waals surface area contributed by atoms with E-state index in [1.54, 1.807) is 5.70 Å². The highest BCUT2D eigenvalue weighted by atomic mass is 15.1. The summed E-state index contributed by atoms with van der Waals surface area (Å²) in [6.45, 7) is 3.46. The molecular formula is C9H17N. The van der Waals surface area contributed by atoms with Crippen LogP contribution >= 0.6 is 0 Å². The third-order valence-corrected chi connectivity index (χ3v) is 2.11. The lowest BCUT2D eigenvalue weighted by Gasteiger charge is -2.27. The minimum Gasteiger partial charge on any atom is -0.378 e. The van der Waals surface area contributed by atoms with Crippen molar-refractivity contribution in [2.75, 3.05) is 13.6 Å². The molecule has 0 aromatic rings. The highest BCUT2D eigenvalue weighted by molar-refractivity contribution is 5.02. The Bertz CT molecular complexity index is 127. The van der Waals surface area contributed by atoms with Crippen molar-refractivity contribution < 1.29 is 0 Å². The fourth-order valence-electron chi connectivity index (χ4n) is 1.48. The van der Waals surface area contributed by atoms with Gasteiger partial charge in [-0.3, -0.25) is 0 Å². The predicted octanol–water partition coefficient (Wildman–Crippen LogP) is 2.40. The second kappa shape index (κ2) is 3.65. The molecule has 0 amide bonds. The predicted molar refractivity (Wildman–Crippen MR) is 44.9 cm³/mol. The normalized spacial score (nSPS) is 23.8. The molecule has 1 aliphatic heterocycles.